The minimum Gasteiger partial charge on any atom is -0.478 e. The molecule has 4 aromatic rings. The quantitative estimate of drug-likeness (QED) is 0.410. The zero-order valence-electron chi connectivity index (χ0n) is 22.8. The van der Waals surface area contributed by atoms with Crippen molar-refractivity contribution in [2.45, 2.75) is 32.1 Å². The molecule has 6 rings (SSSR count). The van der Waals surface area contributed by atoms with E-state index < -0.39 is 5.97 Å². The van der Waals surface area contributed by atoms with Crippen molar-refractivity contribution in [2.24, 2.45) is 0 Å². The molecule has 2 saturated heterocycles. The number of pyridine rings is 2. The number of nitrogens with zero attached hydrogens (tertiary/aromatic N) is 7. The third-order valence-electron chi connectivity index (χ3n) is 8.21. The third-order valence-corrected chi connectivity index (χ3v) is 8.21. The number of fused-ring (bicyclic) bond motifs is 1. The van der Waals surface area contributed by atoms with Crippen molar-refractivity contribution in [3.8, 4) is 0 Å². The highest BCUT2D eigenvalue weighted by Gasteiger charge is 2.35. The summed E-state index contributed by atoms with van der Waals surface area (Å²) in [7, 11) is 0. The Balaban J connectivity index is 1.17. The second-order valence-electron chi connectivity index (χ2n) is 11.0. The van der Waals surface area contributed by atoms with Gasteiger partial charge in [0.1, 0.15) is 5.82 Å². The van der Waals surface area contributed by atoms with Crippen LogP contribution in [0.5, 0.6) is 0 Å². The van der Waals surface area contributed by atoms with Gasteiger partial charge in [-0.15, -0.1) is 5.10 Å². The van der Waals surface area contributed by atoms with Gasteiger partial charge in [0.25, 0.3) is 5.91 Å². The van der Waals surface area contributed by atoms with Crippen LogP contribution in [0.1, 0.15) is 51.9 Å². The number of rotatable bonds is 5. The zero-order chi connectivity index (χ0) is 27.9. The van der Waals surface area contributed by atoms with E-state index in [9.17, 15) is 9.59 Å². The smallest absolute Gasteiger partial charge is 0.337 e. The highest BCUT2D eigenvalue weighted by Crippen LogP contribution is 2.36. The molecule has 3 aromatic heterocycles. The van der Waals surface area contributed by atoms with Gasteiger partial charge in [-0.3, -0.25) is 4.79 Å². The van der Waals surface area contributed by atoms with Crippen molar-refractivity contribution in [1.29, 1.82) is 0 Å². The molecule has 10 heteroatoms. The van der Waals surface area contributed by atoms with E-state index >= 15 is 0 Å². The molecule has 1 amide bonds. The Kier molecular flexibility index (Phi) is 6.61. The first-order chi connectivity index (χ1) is 19.3. The number of aryl methyl sites for hydroxylation is 1. The van der Waals surface area contributed by atoms with Gasteiger partial charge >= 0.3 is 5.97 Å². The first kappa shape index (κ1) is 25.8. The van der Waals surface area contributed by atoms with Gasteiger partial charge in [0.15, 0.2) is 5.65 Å². The molecule has 0 bridgehead atoms. The molecule has 1 N–H and O–H groups in total. The van der Waals surface area contributed by atoms with E-state index in [1.54, 1.807) is 21.5 Å². The van der Waals surface area contributed by atoms with Gasteiger partial charge in [-0.1, -0.05) is 37.3 Å². The number of amides is 1. The Morgan fingerprint density at radius 1 is 0.975 bits per heavy atom. The molecular formula is C30H33N7O3. The molecule has 40 heavy (non-hydrogen) atoms. The Hall–Kier alpha value is -4.47. The predicted octanol–water partition coefficient (Wildman–Crippen LogP) is 3.65. The molecule has 206 valence electrons. The van der Waals surface area contributed by atoms with E-state index in [2.05, 4.69) is 68.2 Å². The fourth-order valence-electron chi connectivity index (χ4n) is 5.84. The van der Waals surface area contributed by atoms with Crippen molar-refractivity contribution in [3.63, 3.8) is 0 Å². The first-order valence-electron chi connectivity index (χ1n) is 13.7. The van der Waals surface area contributed by atoms with E-state index in [1.807, 2.05) is 13.1 Å². The predicted molar refractivity (Wildman–Crippen MR) is 152 cm³/mol. The van der Waals surface area contributed by atoms with Crippen molar-refractivity contribution in [2.75, 3.05) is 49.1 Å². The monoisotopic (exact) mass is 539 g/mol. The fourth-order valence-corrected chi connectivity index (χ4v) is 5.84. The number of hydrogen-bond acceptors (Lipinski definition) is 7. The van der Waals surface area contributed by atoms with Crippen molar-refractivity contribution < 1.29 is 14.7 Å². The molecular weight excluding hydrogens is 506 g/mol. The molecule has 2 aliphatic heterocycles. The second-order valence-corrected chi connectivity index (χ2v) is 11.0. The fraction of sp³-hybridized carbons (Fsp3) is 0.367. The van der Waals surface area contributed by atoms with Crippen LogP contribution < -0.4 is 9.80 Å². The van der Waals surface area contributed by atoms with Gasteiger partial charge in [0, 0.05) is 50.9 Å². The van der Waals surface area contributed by atoms with E-state index in [1.165, 1.54) is 11.8 Å². The molecule has 1 aromatic carbocycles. The van der Waals surface area contributed by atoms with Gasteiger partial charge in [-0.2, -0.15) is 0 Å². The van der Waals surface area contributed by atoms with Gasteiger partial charge < -0.3 is 19.8 Å². The maximum atomic E-state index is 13.5. The molecule has 0 saturated carbocycles. The van der Waals surface area contributed by atoms with Crippen LogP contribution in [0.15, 0.2) is 60.9 Å². The van der Waals surface area contributed by atoms with Crippen LogP contribution in [0.3, 0.4) is 0 Å². The van der Waals surface area contributed by atoms with E-state index in [0.29, 0.717) is 31.1 Å². The second kappa shape index (κ2) is 10.3. The average molecular weight is 540 g/mol. The van der Waals surface area contributed by atoms with Crippen LogP contribution in [-0.2, 0) is 5.41 Å². The third kappa shape index (κ3) is 4.85. The molecule has 5 heterocycles. The van der Waals surface area contributed by atoms with E-state index in [-0.39, 0.29) is 22.7 Å². The lowest BCUT2D eigenvalue weighted by Gasteiger charge is -2.26. The average Bonchev–Trinajstić information content (AvgIpc) is 3.50. The van der Waals surface area contributed by atoms with Crippen LogP contribution >= 0.6 is 0 Å². The standard InChI is InChI=1S/C30H33N7O3/c1-21-17-24(36-14-11-30(2,20-36)23-7-4-3-5-8-23)19-37-27(21)32-26(33-37)28(38)35-13-6-12-34(15-16-35)25-10-9-22(18-31-25)29(39)40/h3-5,7-10,17-19H,6,11-16,20H2,1-2H3,(H,39,40)/t30-/m0/s1. The lowest BCUT2D eigenvalue weighted by molar-refractivity contribution is 0.0695. The van der Waals surface area contributed by atoms with Crippen LogP contribution in [0, 0.1) is 6.92 Å². The summed E-state index contributed by atoms with van der Waals surface area (Å²) in [6, 6.07) is 16.1. The van der Waals surface area contributed by atoms with Gasteiger partial charge in [0.05, 0.1) is 17.4 Å². The van der Waals surface area contributed by atoms with Crippen molar-refractivity contribution in [1.82, 2.24) is 24.5 Å². The minimum absolute atomic E-state index is 0.0854. The molecule has 0 spiro atoms. The number of aromatic nitrogens is 4. The Labute approximate surface area is 232 Å². The SMILES string of the molecule is Cc1cc(N2CC[C@](C)(c3ccccc3)C2)cn2nc(C(=O)N3CCCN(c4ccc(C(=O)O)cn4)CC3)nc12. The summed E-state index contributed by atoms with van der Waals surface area (Å²) < 4.78 is 1.74. The number of carbonyl (C=O) groups excluding carboxylic acids is 1. The molecule has 1 atom stereocenters. The topological polar surface area (TPSA) is 107 Å². The Morgan fingerprint density at radius 2 is 1.80 bits per heavy atom. The number of aromatic carboxylic acids is 1. The van der Waals surface area contributed by atoms with Crippen molar-refractivity contribution in [3.05, 3.63) is 83.4 Å². The molecule has 2 aliphatic rings. The summed E-state index contributed by atoms with van der Waals surface area (Å²) in [6.07, 6.45) is 5.19. The van der Waals surface area contributed by atoms with E-state index in [0.717, 1.165) is 43.7 Å². The summed E-state index contributed by atoms with van der Waals surface area (Å²) >= 11 is 0. The lowest BCUT2D eigenvalue weighted by Crippen LogP contribution is -2.36. The molecule has 0 aliphatic carbocycles. The number of hydrogen-bond donors (Lipinski definition) is 1. The van der Waals surface area contributed by atoms with Crippen LogP contribution in [0.25, 0.3) is 5.65 Å². The maximum absolute atomic E-state index is 13.5. The van der Waals surface area contributed by atoms with E-state index in [4.69, 9.17) is 5.11 Å². The summed E-state index contributed by atoms with van der Waals surface area (Å²) in [5.41, 5.74) is 4.35. The normalized spacial score (nSPS) is 19.7. The number of anilines is 2. The maximum Gasteiger partial charge on any atom is 0.337 e. The van der Waals surface area contributed by atoms with Crippen molar-refractivity contribution >= 4 is 29.0 Å². The Morgan fingerprint density at radius 3 is 2.55 bits per heavy atom. The zero-order valence-corrected chi connectivity index (χ0v) is 22.8. The molecule has 0 radical (unpaired) electrons. The summed E-state index contributed by atoms with van der Waals surface area (Å²) in [5.74, 6) is -0.273. The molecule has 2 fully saturated rings. The molecule has 0 unspecified atom stereocenters. The van der Waals surface area contributed by atoms with Crippen LogP contribution in [-0.4, -0.2) is 80.7 Å². The number of carbonyl (C=O) groups is 2. The Bertz CT molecular complexity index is 1550. The first-order valence-corrected chi connectivity index (χ1v) is 13.7. The highest BCUT2D eigenvalue weighted by atomic mass is 16.4. The largest absolute Gasteiger partial charge is 0.478 e. The highest BCUT2D eigenvalue weighted by molar-refractivity contribution is 5.91. The summed E-state index contributed by atoms with van der Waals surface area (Å²) in [5, 5.41) is 13.7. The lowest BCUT2D eigenvalue weighted by atomic mass is 9.82. The molecule has 10 nitrogen and oxygen atoms in total. The number of benzene rings is 1. The summed E-state index contributed by atoms with van der Waals surface area (Å²) in [4.78, 5) is 39.8. The van der Waals surface area contributed by atoms with Crippen LogP contribution in [0.4, 0.5) is 11.5 Å². The van der Waals surface area contributed by atoms with Gasteiger partial charge in [-0.05, 0) is 49.1 Å². The summed E-state index contributed by atoms with van der Waals surface area (Å²) in [6.45, 7) is 8.62. The van der Waals surface area contributed by atoms with Crippen LogP contribution in [0.2, 0.25) is 0 Å². The van der Waals surface area contributed by atoms with Gasteiger partial charge in [0.2, 0.25) is 5.82 Å². The van der Waals surface area contributed by atoms with Gasteiger partial charge in [-0.25, -0.2) is 19.3 Å². The minimum atomic E-state index is -1.000. The number of carboxylic acid groups (broad SMARTS) is 1. The number of carboxylic acids is 1.